The van der Waals surface area contributed by atoms with Crippen LogP contribution in [0.4, 0.5) is 5.13 Å². The van der Waals surface area contributed by atoms with Crippen molar-refractivity contribution in [1.82, 2.24) is 15.2 Å². The topological polar surface area (TPSA) is 163 Å². The number of carbonyl (C=O) groups excluding carboxylic acids is 4. The average Bonchev–Trinajstić information content (AvgIpc) is 3.19. The second kappa shape index (κ2) is 9.99. The van der Waals surface area contributed by atoms with E-state index in [4.69, 9.17) is 20.0 Å². The number of ether oxygens (including phenoxy) is 2. The highest BCUT2D eigenvalue weighted by atomic mass is 32.2. The lowest BCUT2D eigenvalue weighted by Crippen LogP contribution is -2.70. The van der Waals surface area contributed by atoms with Crippen LogP contribution < -0.4 is 11.1 Å². The molecule has 2 unspecified atom stereocenters. The van der Waals surface area contributed by atoms with Crippen molar-refractivity contribution >= 4 is 57.7 Å². The van der Waals surface area contributed by atoms with Gasteiger partial charge in [0.15, 0.2) is 10.8 Å². The maximum atomic E-state index is 12.8. The summed E-state index contributed by atoms with van der Waals surface area (Å²) in [5.41, 5.74) is 5.73. The summed E-state index contributed by atoms with van der Waals surface area (Å²) in [7, 11) is 1.28. The number of nitrogens with zero attached hydrogens (tertiary/aromatic N) is 3. The van der Waals surface area contributed by atoms with Gasteiger partial charge in [0.05, 0.1) is 0 Å². The Kier molecular flexibility index (Phi) is 7.35. The molecule has 1 aromatic rings. The largest absolute Gasteiger partial charge is 0.425 e. The van der Waals surface area contributed by atoms with Gasteiger partial charge in [-0.2, -0.15) is 0 Å². The third-order valence-corrected chi connectivity index (χ3v) is 6.23. The highest BCUT2D eigenvalue weighted by Gasteiger charge is 2.53. The Labute approximate surface area is 191 Å². The van der Waals surface area contributed by atoms with Crippen molar-refractivity contribution in [3.8, 4) is 0 Å². The lowest BCUT2D eigenvalue weighted by atomic mass is 10.0. The summed E-state index contributed by atoms with van der Waals surface area (Å²) < 4.78 is 10.1. The number of carbonyl (C=O) groups is 4. The van der Waals surface area contributed by atoms with Crippen LogP contribution in [0.25, 0.3) is 0 Å². The first-order valence-electron chi connectivity index (χ1n) is 9.43. The van der Waals surface area contributed by atoms with Crippen molar-refractivity contribution in [2.45, 2.75) is 38.0 Å². The number of hydrogen-bond donors (Lipinski definition) is 2. The molecule has 0 bridgehead atoms. The monoisotopic (exact) mass is 483 g/mol. The van der Waals surface area contributed by atoms with Gasteiger partial charge < -0.3 is 25.4 Å². The van der Waals surface area contributed by atoms with Crippen LogP contribution in [0.5, 0.6) is 0 Å². The van der Waals surface area contributed by atoms with Gasteiger partial charge in [-0.3, -0.25) is 19.3 Å². The minimum Gasteiger partial charge on any atom is -0.425 e. The van der Waals surface area contributed by atoms with Crippen LogP contribution >= 0.6 is 23.1 Å². The maximum Gasteiger partial charge on any atom is 0.357 e. The Balaban J connectivity index is 1.68. The molecule has 172 valence electrons. The van der Waals surface area contributed by atoms with Gasteiger partial charge in [-0.1, -0.05) is 12.1 Å². The molecule has 3 N–H and O–H groups in total. The fraction of sp³-hybridized carbons (Fsp3) is 0.444. The van der Waals surface area contributed by atoms with Crippen molar-refractivity contribution in [1.29, 1.82) is 0 Å². The minimum atomic E-state index is -1.06. The van der Waals surface area contributed by atoms with Crippen LogP contribution in [0.2, 0.25) is 0 Å². The number of thioether (sulfide) groups is 1. The van der Waals surface area contributed by atoms with Gasteiger partial charge in [0.2, 0.25) is 6.29 Å². The average molecular weight is 484 g/mol. The zero-order chi connectivity index (χ0) is 23.4. The first kappa shape index (κ1) is 23.5. The van der Waals surface area contributed by atoms with E-state index in [-0.39, 0.29) is 28.7 Å². The molecule has 2 aliphatic rings. The Morgan fingerprint density at radius 2 is 2.16 bits per heavy atom. The summed E-state index contributed by atoms with van der Waals surface area (Å²) in [4.78, 5) is 59.2. The van der Waals surface area contributed by atoms with E-state index in [9.17, 15) is 19.2 Å². The molecule has 3 atom stereocenters. The number of hydrogen-bond acceptors (Lipinski definition) is 12. The predicted molar refractivity (Wildman–Crippen MR) is 115 cm³/mol. The quantitative estimate of drug-likeness (QED) is 0.172. The molecule has 0 aliphatic carbocycles. The van der Waals surface area contributed by atoms with Crippen molar-refractivity contribution in [3.05, 3.63) is 22.8 Å². The lowest BCUT2D eigenvalue weighted by Gasteiger charge is -2.48. The number of β-lactam (4-membered cyclic amide) rings is 1. The Bertz CT molecular complexity index is 992. The molecule has 1 saturated heterocycles. The normalized spacial score (nSPS) is 21.0. The molecule has 2 amide bonds. The minimum absolute atomic E-state index is 0.0351. The van der Waals surface area contributed by atoms with Gasteiger partial charge in [-0.15, -0.1) is 23.1 Å². The molecule has 3 rings (SSSR count). The molecule has 0 aromatic carbocycles. The molecule has 12 nitrogen and oxygen atoms in total. The van der Waals surface area contributed by atoms with Crippen LogP contribution in [0.1, 0.15) is 26.0 Å². The molecular weight excluding hydrogens is 462 g/mol. The smallest absolute Gasteiger partial charge is 0.357 e. The van der Waals surface area contributed by atoms with Crippen LogP contribution in [-0.4, -0.2) is 69.9 Å². The Morgan fingerprint density at radius 3 is 2.75 bits per heavy atom. The van der Waals surface area contributed by atoms with E-state index < -0.39 is 41.5 Å². The van der Waals surface area contributed by atoms with Crippen LogP contribution in [0.3, 0.4) is 0 Å². The molecule has 14 heteroatoms. The Hall–Kier alpha value is -3.13. The number of thiazole rings is 1. The van der Waals surface area contributed by atoms with E-state index in [1.165, 1.54) is 30.7 Å². The van der Waals surface area contributed by atoms with Crippen molar-refractivity contribution < 1.29 is 33.5 Å². The molecule has 0 saturated carbocycles. The zero-order valence-corrected chi connectivity index (χ0v) is 19.0. The van der Waals surface area contributed by atoms with Gasteiger partial charge >= 0.3 is 11.9 Å². The SMILES string of the molecule is CCC(OC(C)=O)OC(=O)C1=CCS[C@@H]2C(NC(=O)C(=NOC)c3csc(N)n3)C(=O)N12. The van der Waals surface area contributed by atoms with Gasteiger partial charge in [-0.05, 0) is 6.08 Å². The third kappa shape index (κ3) is 4.85. The number of amides is 2. The number of oxime groups is 1. The molecule has 0 spiro atoms. The number of fused-ring (bicyclic) bond motifs is 1. The standard InChI is InChI=1S/C18H21N5O7S2/c1-4-11(29-8(2)24)30-17(27)10-5-6-31-16-13(15(26)23(10)16)21-14(25)12(22-28-3)9-7-32-18(19)20-9/h5,7,11,13,16H,4,6H2,1-3H3,(H2,19,20)(H,21,25)/t11?,13?,16-/m1/s1. The first-order chi connectivity index (χ1) is 15.3. The highest BCUT2D eigenvalue weighted by Crippen LogP contribution is 2.38. The second-order valence-electron chi connectivity index (χ2n) is 6.52. The number of esters is 2. The van der Waals surface area contributed by atoms with Gasteiger partial charge in [0, 0.05) is 24.5 Å². The number of aromatic nitrogens is 1. The molecular formula is C18H21N5O7S2. The molecule has 32 heavy (non-hydrogen) atoms. The lowest BCUT2D eigenvalue weighted by molar-refractivity contribution is -0.186. The summed E-state index contributed by atoms with van der Waals surface area (Å²) >= 11 is 2.49. The van der Waals surface area contributed by atoms with Gasteiger partial charge in [0.1, 0.15) is 29.9 Å². The summed E-state index contributed by atoms with van der Waals surface area (Å²) in [6.45, 7) is 2.89. The van der Waals surface area contributed by atoms with Crippen molar-refractivity contribution in [2.24, 2.45) is 5.16 Å². The second-order valence-corrected chi connectivity index (χ2v) is 8.56. The number of rotatable bonds is 8. The van der Waals surface area contributed by atoms with E-state index in [1.807, 2.05) is 0 Å². The fourth-order valence-electron chi connectivity index (χ4n) is 2.99. The summed E-state index contributed by atoms with van der Waals surface area (Å²) in [5, 5.41) is 7.57. The zero-order valence-electron chi connectivity index (χ0n) is 17.4. The molecule has 0 radical (unpaired) electrons. The highest BCUT2D eigenvalue weighted by molar-refractivity contribution is 8.00. The van der Waals surface area contributed by atoms with Crippen molar-refractivity contribution in [2.75, 3.05) is 18.6 Å². The molecule has 3 heterocycles. The predicted octanol–water partition coefficient (Wildman–Crippen LogP) is 0.202. The maximum absolute atomic E-state index is 12.8. The first-order valence-corrected chi connectivity index (χ1v) is 11.4. The summed E-state index contributed by atoms with van der Waals surface area (Å²) in [5.74, 6) is -2.13. The molecule has 2 aliphatic heterocycles. The van der Waals surface area contributed by atoms with E-state index in [2.05, 4.69) is 15.5 Å². The molecule has 1 fully saturated rings. The van der Waals surface area contributed by atoms with Crippen LogP contribution in [0.15, 0.2) is 22.3 Å². The van der Waals surface area contributed by atoms with E-state index in [0.717, 1.165) is 11.3 Å². The van der Waals surface area contributed by atoms with E-state index >= 15 is 0 Å². The number of nitrogens with two attached hydrogens (primary N) is 1. The summed E-state index contributed by atoms with van der Waals surface area (Å²) in [6, 6.07) is -0.891. The number of nitrogens with one attached hydrogen (secondary N) is 1. The van der Waals surface area contributed by atoms with Crippen LogP contribution in [-0.2, 0) is 33.5 Å². The Morgan fingerprint density at radius 1 is 1.41 bits per heavy atom. The van der Waals surface area contributed by atoms with Crippen molar-refractivity contribution in [3.63, 3.8) is 0 Å². The number of nitrogen functional groups attached to an aromatic ring is 1. The van der Waals surface area contributed by atoms with Gasteiger partial charge in [-0.25, -0.2) is 9.78 Å². The molecule has 1 aromatic heterocycles. The fourth-order valence-corrected chi connectivity index (χ4v) is 4.73. The van der Waals surface area contributed by atoms with E-state index in [1.54, 1.807) is 18.4 Å². The van der Waals surface area contributed by atoms with E-state index in [0.29, 0.717) is 5.75 Å². The summed E-state index contributed by atoms with van der Waals surface area (Å²) in [6.07, 6.45) is 0.751. The third-order valence-electron chi connectivity index (χ3n) is 4.37. The van der Waals surface area contributed by atoms with Crippen LogP contribution in [0, 0.1) is 0 Å². The number of anilines is 1. The van der Waals surface area contributed by atoms with Gasteiger partial charge in [0.25, 0.3) is 11.8 Å².